The molecule has 0 aliphatic heterocycles. The molecule has 0 fully saturated rings. The lowest BCUT2D eigenvalue weighted by molar-refractivity contribution is -0.122. The summed E-state index contributed by atoms with van der Waals surface area (Å²) in [6.45, 7) is 10.8. The smallest absolute Gasteiger partial charge is 0.135 e. The Labute approximate surface area is 88.0 Å². The third-order valence-corrected chi connectivity index (χ3v) is 2.00. The molecule has 0 aliphatic rings. The average Bonchev–Trinajstić information content (AvgIpc) is 2.01. The topological polar surface area (TPSA) is 26.3 Å². The van der Waals surface area contributed by atoms with E-state index in [1.807, 2.05) is 34.6 Å². The summed E-state index contributed by atoms with van der Waals surface area (Å²) in [6, 6.07) is 0. The molecule has 0 aromatic rings. The van der Waals surface area contributed by atoms with Crippen LogP contribution in [0.25, 0.3) is 0 Å². The van der Waals surface area contributed by atoms with Gasteiger partial charge in [0.05, 0.1) is 5.60 Å². The van der Waals surface area contributed by atoms with Crippen LogP contribution in [0.1, 0.15) is 53.9 Å². The van der Waals surface area contributed by atoms with Crippen LogP contribution in [0.15, 0.2) is 0 Å². The van der Waals surface area contributed by atoms with Gasteiger partial charge in [-0.15, -0.1) is 0 Å². The summed E-state index contributed by atoms with van der Waals surface area (Å²) in [6.07, 6.45) is 2.63. The maximum Gasteiger partial charge on any atom is 0.135 e. The minimum Gasteiger partial charge on any atom is -0.376 e. The zero-order chi connectivity index (χ0) is 11.2. The first kappa shape index (κ1) is 13.6. The van der Waals surface area contributed by atoms with Gasteiger partial charge in [0.15, 0.2) is 0 Å². The van der Waals surface area contributed by atoms with Crippen molar-refractivity contribution in [1.82, 2.24) is 0 Å². The molecule has 0 spiro atoms. The van der Waals surface area contributed by atoms with E-state index in [9.17, 15) is 4.79 Å². The molecule has 84 valence electrons. The molecule has 0 aromatic carbocycles. The van der Waals surface area contributed by atoms with Crippen LogP contribution in [-0.2, 0) is 9.53 Å². The van der Waals surface area contributed by atoms with E-state index in [2.05, 4.69) is 0 Å². The van der Waals surface area contributed by atoms with E-state index in [1.54, 1.807) is 0 Å². The van der Waals surface area contributed by atoms with Crippen LogP contribution < -0.4 is 0 Å². The monoisotopic (exact) mass is 200 g/mol. The number of ketones is 1. The lowest BCUT2D eigenvalue weighted by atomic mass is 10.0. The van der Waals surface area contributed by atoms with Gasteiger partial charge in [0.2, 0.25) is 0 Å². The predicted octanol–water partition coefficient (Wildman–Crippen LogP) is 3.20. The number of unbranched alkanes of at least 4 members (excludes halogenated alkanes) is 1. The van der Waals surface area contributed by atoms with Crippen LogP contribution >= 0.6 is 0 Å². The van der Waals surface area contributed by atoms with Gasteiger partial charge in [-0.1, -0.05) is 13.8 Å². The van der Waals surface area contributed by atoms with Gasteiger partial charge in [0.25, 0.3) is 0 Å². The minimum absolute atomic E-state index is 0.0535. The molecular formula is C12H24O2. The number of hydrogen-bond donors (Lipinski definition) is 0. The Hall–Kier alpha value is -0.370. The molecule has 0 saturated carbocycles. The number of ether oxygens (including phenoxy) is 1. The normalized spacial score (nSPS) is 12.1. The second kappa shape index (κ2) is 6.18. The second-order valence-electron chi connectivity index (χ2n) is 5.04. The number of carbonyl (C=O) groups excluding carboxylic acids is 1. The first-order valence-corrected chi connectivity index (χ1v) is 5.49. The average molecular weight is 200 g/mol. The molecule has 0 saturated heterocycles. The van der Waals surface area contributed by atoms with Crippen molar-refractivity contribution in [2.75, 3.05) is 6.61 Å². The highest BCUT2D eigenvalue weighted by atomic mass is 16.5. The zero-order valence-electron chi connectivity index (χ0n) is 10.2. The van der Waals surface area contributed by atoms with Crippen LogP contribution in [0, 0.1) is 5.92 Å². The molecule has 0 atom stereocenters. The number of hydrogen-bond acceptors (Lipinski definition) is 2. The maximum atomic E-state index is 11.3. The Bertz CT molecular complexity index is 166. The number of rotatable bonds is 6. The van der Waals surface area contributed by atoms with Gasteiger partial charge < -0.3 is 4.74 Å². The van der Waals surface area contributed by atoms with Gasteiger partial charge in [-0.25, -0.2) is 0 Å². The quantitative estimate of drug-likeness (QED) is 0.615. The Balaban J connectivity index is 3.35. The van der Waals surface area contributed by atoms with Gasteiger partial charge in [-0.05, 0) is 33.6 Å². The standard InChI is InChI=1S/C12H24O2/c1-10(2)11(13)8-6-7-9-14-12(3,4)5/h10H,6-9H2,1-5H3. The van der Waals surface area contributed by atoms with E-state index < -0.39 is 0 Å². The van der Waals surface area contributed by atoms with Gasteiger partial charge >= 0.3 is 0 Å². The number of carbonyl (C=O) groups is 1. The Kier molecular flexibility index (Phi) is 6.01. The van der Waals surface area contributed by atoms with Crippen molar-refractivity contribution in [3.05, 3.63) is 0 Å². The predicted molar refractivity (Wildman–Crippen MR) is 59.4 cm³/mol. The van der Waals surface area contributed by atoms with Crippen molar-refractivity contribution in [3.63, 3.8) is 0 Å². The van der Waals surface area contributed by atoms with E-state index in [-0.39, 0.29) is 11.5 Å². The molecular weight excluding hydrogens is 176 g/mol. The summed E-state index contributed by atoms with van der Waals surface area (Å²) in [5.74, 6) is 0.541. The van der Waals surface area contributed by atoms with Crippen molar-refractivity contribution in [2.24, 2.45) is 5.92 Å². The third kappa shape index (κ3) is 8.24. The summed E-state index contributed by atoms with van der Waals surface area (Å²) in [7, 11) is 0. The van der Waals surface area contributed by atoms with E-state index in [4.69, 9.17) is 4.74 Å². The van der Waals surface area contributed by atoms with Crippen LogP contribution in [0.5, 0.6) is 0 Å². The molecule has 2 nitrogen and oxygen atoms in total. The fourth-order valence-corrected chi connectivity index (χ4v) is 1.07. The van der Waals surface area contributed by atoms with E-state index in [0.717, 1.165) is 19.4 Å². The van der Waals surface area contributed by atoms with E-state index in [0.29, 0.717) is 12.2 Å². The van der Waals surface area contributed by atoms with Gasteiger partial charge in [0, 0.05) is 18.9 Å². The van der Waals surface area contributed by atoms with Crippen molar-refractivity contribution < 1.29 is 9.53 Å². The Morgan fingerprint density at radius 2 is 1.79 bits per heavy atom. The van der Waals surface area contributed by atoms with Crippen molar-refractivity contribution >= 4 is 5.78 Å². The Morgan fingerprint density at radius 1 is 1.21 bits per heavy atom. The fourth-order valence-electron chi connectivity index (χ4n) is 1.07. The van der Waals surface area contributed by atoms with Gasteiger partial charge in [-0.2, -0.15) is 0 Å². The third-order valence-electron chi connectivity index (χ3n) is 2.00. The highest BCUT2D eigenvalue weighted by Gasteiger charge is 2.10. The van der Waals surface area contributed by atoms with Crippen LogP contribution in [0.4, 0.5) is 0 Å². The first-order valence-electron chi connectivity index (χ1n) is 5.49. The van der Waals surface area contributed by atoms with E-state index in [1.165, 1.54) is 0 Å². The van der Waals surface area contributed by atoms with Crippen LogP contribution in [0.2, 0.25) is 0 Å². The lowest BCUT2D eigenvalue weighted by Gasteiger charge is -2.19. The Morgan fingerprint density at radius 3 is 2.21 bits per heavy atom. The SMILES string of the molecule is CC(C)C(=O)CCCCOC(C)(C)C. The van der Waals surface area contributed by atoms with Crippen LogP contribution in [-0.4, -0.2) is 18.0 Å². The molecule has 0 N–H and O–H groups in total. The molecule has 0 amide bonds. The fraction of sp³-hybridized carbons (Fsp3) is 0.917. The molecule has 2 heteroatoms. The number of Topliss-reactive ketones (excluding diaryl/α,β-unsaturated/α-hetero) is 1. The summed E-state index contributed by atoms with van der Waals surface area (Å²) < 4.78 is 5.56. The molecule has 14 heavy (non-hydrogen) atoms. The van der Waals surface area contributed by atoms with E-state index >= 15 is 0 Å². The van der Waals surface area contributed by atoms with Crippen molar-refractivity contribution in [3.8, 4) is 0 Å². The molecule has 0 heterocycles. The lowest BCUT2D eigenvalue weighted by Crippen LogP contribution is -2.19. The summed E-state index contributed by atoms with van der Waals surface area (Å²) in [5.41, 5.74) is -0.0535. The highest BCUT2D eigenvalue weighted by Crippen LogP contribution is 2.09. The second-order valence-corrected chi connectivity index (χ2v) is 5.04. The summed E-state index contributed by atoms with van der Waals surface area (Å²) in [5, 5.41) is 0. The minimum atomic E-state index is -0.0535. The van der Waals surface area contributed by atoms with Crippen molar-refractivity contribution in [1.29, 1.82) is 0 Å². The summed E-state index contributed by atoms with van der Waals surface area (Å²) >= 11 is 0. The van der Waals surface area contributed by atoms with Gasteiger partial charge in [-0.3, -0.25) is 4.79 Å². The van der Waals surface area contributed by atoms with Gasteiger partial charge in [0.1, 0.15) is 5.78 Å². The maximum absolute atomic E-state index is 11.3. The molecule has 0 aromatic heterocycles. The molecule has 0 bridgehead atoms. The molecule has 0 radical (unpaired) electrons. The molecule has 0 unspecified atom stereocenters. The highest BCUT2D eigenvalue weighted by molar-refractivity contribution is 5.80. The largest absolute Gasteiger partial charge is 0.376 e. The molecule has 0 aliphatic carbocycles. The first-order chi connectivity index (χ1) is 6.33. The summed E-state index contributed by atoms with van der Waals surface area (Å²) in [4.78, 5) is 11.3. The molecule has 0 rings (SSSR count). The zero-order valence-corrected chi connectivity index (χ0v) is 10.2. The van der Waals surface area contributed by atoms with Crippen LogP contribution in [0.3, 0.4) is 0 Å². The van der Waals surface area contributed by atoms with Crippen molar-refractivity contribution in [2.45, 2.75) is 59.5 Å².